The first kappa shape index (κ1) is 11.0. The van der Waals surface area contributed by atoms with Gasteiger partial charge in [-0.15, -0.1) is 0 Å². The van der Waals surface area contributed by atoms with E-state index in [1.165, 1.54) is 0 Å². The van der Waals surface area contributed by atoms with E-state index in [2.05, 4.69) is 17.3 Å². The van der Waals surface area contributed by atoms with Crippen molar-refractivity contribution >= 4 is 17.3 Å². The smallest absolute Gasteiger partial charge is 0.0729 e. The topological polar surface area (TPSA) is 29.9 Å². The molecule has 1 N–H and O–H groups in total. The number of rotatable bonds is 4. The van der Waals surface area contributed by atoms with Crippen LogP contribution >= 0.6 is 11.6 Å². The van der Waals surface area contributed by atoms with E-state index in [4.69, 9.17) is 11.6 Å². The fourth-order valence-corrected chi connectivity index (χ4v) is 1.67. The van der Waals surface area contributed by atoms with Gasteiger partial charge in [-0.25, -0.2) is 0 Å². The highest BCUT2D eigenvalue weighted by Gasteiger charge is 2.00. The number of anilines is 1. The van der Waals surface area contributed by atoms with Crippen LogP contribution in [0.25, 0.3) is 0 Å². The van der Waals surface area contributed by atoms with E-state index in [0.717, 1.165) is 29.4 Å². The van der Waals surface area contributed by atoms with E-state index in [0.29, 0.717) is 0 Å². The van der Waals surface area contributed by atoms with Crippen molar-refractivity contribution in [1.29, 1.82) is 0 Å². The first-order valence-corrected chi connectivity index (χ1v) is 5.67. The van der Waals surface area contributed by atoms with E-state index in [1.807, 2.05) is 41.3 Å². The third-order valence-electron chi connectivity index (χ3n) is 2.40. The van der Waals surface area contributed by atoms with Gasteiger partial charge in [0.25, 0.3) is 0 Å². The monoisotopic (exact) mass is 235 g/mol. The van der Waals surface area contributed by atoms with Gasteiger partial charge >= 0.3 is 0 Å². The molecule has 0 fully saturated rings. The van der Waals surface area contributed by atoms with Crippen molar-refractivity contribution in [3.05, 3.63) is 47.2 Å². The molecule has 4 heteroatoms. The molecule has 2 rings (SSSR count). The second-order valence-corrected chi connectivity index (χ2v) is 3.94. The van der Waals surface area contributed by atoms with Gasteiger partial charge in [0, 0.05) is 24.3 Å². The maximum Gasteiger partial charge on any atom is 0.0729 e. The molecular weight excluding hydrogens is 222 g/mol. The Morgan fingerprint density at radius 1 is 1.38 bits per heavy atom. The fraction of sp³-hybridized carbons (Fsp3) is 0.250. The van der Waals surface area contributed by atoms with Gasteiger partial charge < -0.3 is 5.32 Å². The van der Waals surface area contributed by atoms with E-state index < -0.39 is 0 Å². The summed E-state index contributed by atoms with van der Waals surface area (Å²) in [6.45, 7) is 3.66. The molecule has 1 heterocycles. The van der Waals surface area contributed by atoms with Crippen molar-refractivity contribution in [2.24, 2.45) is 0 Å². The van der Waals surface area contributed by atoms with Crippen LogP contribution in [0.1, 0.15) is 12.5 Å². The maximum atomic E-state index is 6.06. The fourth-order valence-electron chi connectivity index (χ4n) is 1.47. The average molecular weight is 236 g/mol. The molecule has 0 radical (unpaired) electrons. The maximum absolute atomic E-state index is 6.06. The largest absolute Gasteiger partial charge is 0.378 e. The molecule has 0 saturated carbocycles. The molecule has 0 aliphatic heterocycles. The lowest BCUT2D eigenvalue weighted by molar-refractivity contribution is 0.660. The summed E-state index contributed by atoms with van der Waals surface area (Å²) in [6, 6.07) is 7.83. The highest BCUT2D eigenvalue weighted by molar-refractivity contribution is 6.31. The summed E-state index contributed by atoms with van der Waals surface area (Å²) in [5.41, 5.74) is 2.11. The van der Waals surface area contributed by atoms with Gasteiger partial charge in [-0.3, -0.25) is 4.68 Å². The molecule has 0 saturated heterocycles. The normalized spacial score (nSPS) is 10.4. The summed E-state index contributed by atoms with van der Waals surface area (Å²) in [5, 5.41) is 8.27. The van der Waals surface area contributed by atoms with Crippen molar-refractivity contribution in [1.82, 2.24) is 9.78 Å². The zero-order valence-corrected chi connectivity index (χ0v) is 9.91. The number of aryl methyl sites for hydroxylation is 1. The number of aromatic nitrogens is 2. The van der Waals surface area contributed by atoms with Crippen molar-refractivity contribution in [3.8, 4) is 0 Å². The van der Waals surface area contributed by atoms with Crippen LogP contribution in [-0.4, -0.2) is 9.78 Å². The number of hydrogen-bond donors (Lipinski definition) is 1. The molecule has 0 atom stereocenters. The Morgan fingerprint density at radius 3 is 2.88 bits per heavy atom. The molecule has 16 heavy (non-hydrogen) atoms. The molecule has 3 nitrogen and oxygen atoms in total. The summed E-state index contributed by atoms with van der Waals surface area (Å²) in [5.74, 6) is 0. The van der Waals surface area contributed by atoms with Crippen LogP contribution in [0.4, 0.5) is 5.69 Å². The molecule has 2 aromatic rings. The van der Waals surface area contributed by atoms with Crippen molar-refractivity contribution in [2.45, 2.75) is 20.0 Å². The van der Waals surface area contributed by atoms with Crippen LogP contribution in [0.15, 0.2) is 36.7 Å². The van der Waals surface area contributed by atoms with Crippen molar-refractivity contribution in [2.75, 3.05) is 5.32 Å². The minimum Gasteiger partial charge on any atom is -0.378 e. The van der Waals surface area contributed by atoms with E-state index in [1.54, 1.807) is 0 Å². The van der Waals surface area contributed by atoms with E-state index >= 15 is 0 Å². The molecule has 0 bridgehead atoms. The van der Waals surface area contributed by atoms with Gasteiger partial charge in [-0.2, -0.15) is 5.10 Å². The summed E-state index contributed by atoms with van der Waals surface area (Å²) in [6.07, 6.45) is 3.80. The molecule has 1 aromatic heterocycles. The Labute approximate surface area is 100 Å². The van der Waals surface area contributed by atoms with Crippen LogP contribution in [-0.2, 0) is 13.1 Å². The van der Waals surface area contributed by atoms with Gasteiger partial charge in [0.2, 0.25) is 0 Å². The van der Waals surface area contributed by atoms with Gasteiger partial charge in [-0.05, 0) is 18.6 Å². The molecule has 0 unspecified atom stereocenters. The summed E-state index contributed by atoms with van der Waals surface area (Å²) >= 11 is 6.06. The second kappa shape index (κ2) is 5.03. The molecule has 84 valence electrons. The van der Waals surface area contributed by atoms with E-state index in [9.17, 15) is 0 Å². The molecule has 0 aliphatic carbocycles. The summed E-state index contributed by atoms with van der Waals surface area (Å²) in [4.78, 5) is 0. The number of benzene rings is 1. The number of hydrogen-bond acceptors (Lipinski definition) is 2. The molecular formula is C12H14ClN3. The summed E-state index contributed by atoms with van der Waals surface area (Å²) < 4.78 is 1.88. The molecule has 0 amide bonds. The third kappa shape index (κ3) is 2.55. The van der Waals surface area contributed by atoms with Crippen LogP contribution in [0, 0.1) is 0 Å². The Bertz CT molecular complexity index is 465. The summed E-state index contributed by atoms with van der Waals surface area (Å²) in [7, 11) is 0. The van der Waals surface area contributed by atoms with Gasteiger partial charge in [-0.1, -0.05) is 29.8 Å². The lowest BCUT2D eigenvalue weighted by atomic mass is 10.2. The third-order valence-corrected chi connectivity index (χ3v) is 2.77. The Kier molecular flexibility index (Phi) is 3.47. The van der Waals surface area contributed by atoms with Gasteiger partial charge in [0.05, 0.1) is 11.9 Å². The van der Waals surface area contributed by atoms with Crippen molar-refractivity contribution in [3.63, 3.8) is 0 Å². The molecule has 0 aliphatic rings. The van der Waals surface area contributed by atoms with Crippen molar-refractivity contribution < 1.29 is 0 Å². The zero-order chi connectivity index (χ0) is 11.4. The van der Waals surface area contributed by atoms with E-state index in [-0.39, 0.29) is 0 Å². The minimum absolute atomic E-state index is 0.717. The number of halogens is 1. The SMILES string of the molecule is CCn1cc(NCc2ccccc2Cl)cn1. The highest BCUT2D eigenvalue weighted by atomic mass is 35.5. The van der Waals surface area contributed by atoms with Crippen LogP contribution in [0.3, 0.4) is 0 Å². The highest BCUT2D eigenvalue weighted by Crippen LogP contribution is 2.16. The van der Waals surface area contributed by atoms with Crippen LogP contribution in [0.2, 0.25) is 5.02 Å². The van der Waals surface area contributed by atoms with Crippen LogP contribution in [0.5, 0.6) is 0 Å². The predicted octanol–water partition coefficient (Wildman–Crippen LogP) is 3.17. The lowest BCUT2D eigenvalue weighted by Gasteiger charge is -2.05. The Hall–Kier alpha value is -1.48. The lowest BCUT2D eigenvalue weighted by Crippen LogP contribution is -1.99. The quantitative estimate of drug-likeness (QED) is 0.882. The first-order valence-electron chi connectivity index (χ1n) is 5.29. The average Bonchev–Trinajstić information content (AvgIpc) is 2.76. The predicted molar refractivity (Wildman–Crippen MR) is 66.7 cm³/mol. The Morgan fingerprint density at radius 2 is 2.19 bits per heavy atom. The van der Waals surface area contributed by atoms with Gasteiger partial charge in [0.15, 0.2) is 0 Å². The number of nitrogens with zero attached hydrogens (tertiary/aromatic N) is 2. The minimum atomic E-state index is 0.717. The molecule has 1 aromatic carbocycles. The molecule has 0 spiro atoms. The second-order valence-electron chi connectivity index (χ2n) is 3.53. The number of nitrogens with one attached hydrogen (secondary N) is 1. The zero-order valence-electron chi connectivity index (χ0n) is 9.15. The Balaban J connectivity index is 1.99. The van der Waals surface area contributed by atoms with Gasteiger partial charge in [0.1, 0.15) is 0 Å². The van der Waals surface area contributed by atoms with Crippen LogP contribution < -0.4 is 5.32 Å². The first-order chi connectivity index (χ1) is 7.79. The standard InChI is InChI=1S/C12H14ClN3/c1-2-16-9-11(8-15-16)14-7-10-5-3-4-6-12(10)13/h3-6,8-9,14H,2,7H2,1H3.